The molecule has 0 saturated carbocycles. The summed E-state index contributed by atoms with van der Waals surface area (Å²) in [5.74, 6) is -2.13. The van der Waals surface area contributed by atoms with Gasteiger partial charge in [0.2, 0.25) is 10.0 Å². The van der Waals surface area contributed by atoms with Crippen LogP contribution in [-0.4, -0.2) is 79.4 Å². The van der Waals surface area contributed by atoms with Gasteiger partial charge in [-0.3, -0.25) is 14.4 Å². The molecule has 12 heteroatoms. The van der Waals surface area contributed by atoms with Crippen LogP contribution in [-0.2, 0) is 19.6 Å². The quantitative estimate of drug-likeness (QED) is 0.481. The van der Waals surface area contributed by atoms with Gasteiger partial charge in [-0.1, -0.05) is 12.1 Å². The van der Waals surface area contributed by atoms with Crippen molar-refractivity contribution in [1.29, 1.82) is 0 Å². The fraction of sp³-hybridized carbons (Fsp3) is 0.375. The number of fused-ring (bicyclic) bond motifs is 1. The number of piperidine rings is 1. The number of aliphatic carboxylic acids is 2. The van der Waals surface area contributed by atoms with Gasteiger partial charge in [-0.2, -0.15) is 0 Å². The van der Waals surface area contributed by atoms with Gasteiger partial charge >= 0.3 is 11.9 Å². The molecule has 0 aromatic heterocycles. The molecule has 2 aromatic carbocycles. The Labute approximate surface area is 208 Å². The highest BCUT2D eigenvalue weighted by atomic mass is 32.2. The van der Waals surface area contributed by atoms with Gasteiger partial charge in [-0.05, 0) is 55.8 Å². The fourth-order valence-electron chi connectivity index (χ4n) is 4.18. The molecule has 2 aliphatic heterocycles. The predicted molar refractivity (Wildman–Crippen MR) is 130 cm³/mol. The first-order valence-electron chi connectivity index (χ1n) is 11.2. The molecule has 4 rings (SSSR count). The van der Waals surface area contributed by atoms with Gasteiger partial charge in [0, 0.05) is 18.8 Å². The van der Waals surface area contributed by atoms with Crippen LogP contribution in [0, 0.1) is 0 Å². The Balaban J connectivity index is 0.000000538. The number of sulfonamides is 1. The number of carbonyl (C=O) groups is 3. The second-order valence-electron chi connectivity index (χ2n) is 8.62. The number of carbonyl (C=O) groups excluding carboxylic acids is 1. The Morgan fingerprint density at radius 2 is 1.78 bits per heavy atom. The van der Waals surface area contributed by atoms with E-state index in [2.05, 4.69) is 9.62 Å². The number of rotatable bonds is 6. The number of likely N-dealkylation sites (tertiary alicyclic amines) is 1. The van der Waals surface area contributed by atoms with E-state index in [4.69, 9.17) is 29.3 Å². The number of carboxylic acid groups (broad SMARTS) is 2. The van der Waals surface area contributed by atoms with Gasteiger partial charge in [0.05, 0.1) is 18.2 Å². The lowest BCUT2D eigenvalue weighted by atomic mass is 9.83. The van der Waals surface area contributed by atoms with E-state index in [1.165, 1.54) is 0 Å². The van der Waals surface area contributed by atoms with Crippen LogP contribution in [0.4, 0.5) is 5.69 Å². The maximum Gasteiger partial charge on any atom is 0.414 e. The zero-order valence-electron chi connectivity index (χ0n) is 19.7. The number of Topliss-reactive ketones (excluding diaryl/α,β-unsaturated/α-hetero) is 1. The van der Waals surface area contributed by atoms with E-state index in [0.29, 0.717) is 42.3 Å². The summed E-state index contributed by atoms with van der Waals surface area (Å²) in [6.07, 6.45) is 3.38. The van der Waals surface area contributed by atoms with Crippen molar-refractivity contribution in [2.24, 2.45) is 0 Å². The van der Waals surface area contributed by atoms with Gasteiger partial charge in [0.1, 0.15) is 23.7 Å². The average molecular weight is 521 g/mol. The lowest BCUT2D eigenvalue weighted by Gasteiger charge is -2.44. The van der Waals surface area contributed by atoms with E-state index in [1.54, 1.807) is 24.3 Å². The Hall–Kier alpha value is -3.64. The van der Waals surface area contributed by atoms with Gasteiger partial charge < -0.3 is 19.7 Å². The van der Waals surface area contributed by atoms with Crippen LogP contribution in [0.3, 0.4) is 0 Å². The zero-order chi connectivity index (χ0) is 26.3. The number of ketones is 1. The summed E-state index contributed by atoms with van der Waals surface area (Å²) >= 11 is 0. The van der Waals surface area contributed by atoms with Crippen molar-refractivity contribution in [1.82, 2.24) is 4.90 Å². The molecule has 1 unspecified atom stereocenters. The Bertz CT molecular complexity index is 1200. The lowest BCUT2D eigenvalue weighted by Crippen LogP contribution is -2.55. The molecule has 0 amide bonds. The van der Waals surface area contributed by atoms with Crippen LogP contribution in [0.2, 0.25) is 0 Å². The second-order valence-corrected chi connectivity index (χ2v) is 10.4. The summed E-state index contributed by atoms with van der Waals surface area (Å²) in [6, 6.07) is 14.3. The monoisotopic (exact) mass is 520 g/mol. The van der Waals surface area contributed by atoms with Crippen molar-refractivity contribution < 1.29 is 42.5 Å². The first-order valence-corrected chi connectivity index (χ1v) is 13.1. The molecule has 0 bridgehead atoms. The molecule has 3 N–H and O–H groups in total. The summed E-state index contributed by atoms with van der Waals surface area (Å²) in [5, 5.41) is 14.8. The summed E-state index contributed by atoms with van der Waals surface area (Å²) in [5.41, 5.74) is 0.724. The average Bonchev–Trinajstić information content (AvgIpc) is 2.80. The summed E-state index contributed by atoms with van der Waals surface area (Å²) < 4.78 is 37.1. The topological polar surface area (TPSA) is 160 Å². The van der Waals surface area contributed by atoms with Crippen LogP contribution in [0.25, 0.3) is 0 Å². The van der Waals surface area contributed by atoms with E-state index in [-0.39, 0.29) is 5.78 Å². The standard InChI is InChI=1S/C22H26N2O5S.C2H2O4/c1-30(26,27)23-17-7-9-18(10-8-17)28-14-13-24-12-4-11-22(16-24)15-20(25)19-5-2-3-6-21(19)29-22;3-1(4)2(5)6/h2-3,5-10,23H,4,11-16H2,1H3;(H,3,4)(H,5,6). The number of hydrogen-bond acceptors (Lipinski definition) is 8. The number of ether oxygens (including phenoxy) is 2. The van der Waals surface area contributed by atoms with Crippen LogP contribution in [0.15, 0.2) is 48.5 Å². The Morgan fingerprint density at radius 1 is 1.11 bits per heavy atom. The predicted octanol–water partition coefficient (Wildman–Crippen LogP) is 2.09. The van der Waals surface area contributed by atoms with E-state index < -0.39 is 27.6 Å². The number of benzene rings is 2. The van der Waals surface area contributed by atoms with Gasteiger partial charge in [0.15, 0.2) is 5.78 Å². The minimum absolute atomic E-state index is 0.151. The molecule has 2 heterocycles. The molecule has 2 aliphatic rings. The van der Waals surface area contributed by atoms with E-state index in [9.17, 15) is 13.2 Å². The molecule has 1 atom stereocenters. The van der Waals surface area contributed by atoms with Crippen LogP contribution < -0.4 is 14.2 Å². The van der Waals surface area contributed by atoms with Crippen LogP contribution in [0.5, 0.6) is 11.5 Å². The Kier molecular flexibility index (Phi) is 8.53. The summed E-state index contributed by atoms with van der Waals surface area (Å²) in [7, 11) is -3.29. The minimum atomic E-state index is -3.29. The summed E-state index contributed by atoms with van der Waals surface area (Å²) in [4.78, 5) is 33.1. The second kappa shape index (κ2) is 11.4. The smallest absolute Gasteiger partial charge is 0.414 e. The normalized spacial score (nSPS) is 19.3. The van der Waals surface area contributed by atoms with Crippen LogP contribution >= 0.6 is 0 Å². The third-order valence-corrected chi connectivity index (χ3v) is 6.24. The molecule has 194 valence electrons. The molecule has 0 radical (unpaired) electrons. The molecule has 1 saturated heterocycles. The minimum Gasteiger partial charge on any atom is -0.492 e. The number of para-hydroxylation sites is 1. The summed E-state index contributed by atoms with van der Waals surface area (Å²) in [6.45, 7) is 2.87. The van der Waals surface area contributed by atoms with E-state index in [1.807, 2.05) is 24.3 Å². The number of nitrogens with zero attached hydrogens (tertiary/aromatic N) is 1. The molecule has 0 aliphatic carbocycles. The van der Waals surface area contributed by atoms with E-state index in [0.717, 1.165) is 32.2 Å². The third-order valence-electron chi connectivity index (χ3n) is 5.63. The fourth-order valence-corrected chi connectivity index (χ4v) is 4.74. The first-order chi connectivity index (χ1) is 17.0. The van der Waals surface area contributed by atoms with Crippen molar-refractivity contribution in [3.8, 4) is 11.5 Å². The largest absolute Gasteiger partial charge is 0.492 e. The van der Waals surface area contributed by atoms with Crippen molar-refractivity contribution in [2.75, 3.05) is 37.2 Å². The maximum atomic E-state index is 12.6. The number of carboxylic acids is 2. The molecule has 36 heavy (non-hydrogen) atoms. The first kappa shape index (κ1) is 27.0. The van der Waals surface area contributed by atoms with Crippen molar-refractivity contribution >= 4 is 33.4 Å². The van der Waals surface area contributed by atoms with Gasteiger partial charge in [-0.15, -0.1) is 0 Å². The van der Waals surface area contributed by atoms with Gasteiger partial charge in [0.25, 0.3) is 0 Å². The molecule has 11 nitrogen and oxygen atoms in total. The highest BCUT2D eigenvalue weighted by molar-refractivity contribution is 7.92. The van der Waals surface area contributed by atoms with Crippen LogP contribution in [0.1, 0.15) is 29.6 Å². The molecule has 1 fully saturated rings. The van der Waals surface area contributed by atoms with Crippen molar-refractivity contribution in [3.63, 3.8) is 0 Å². The highest BCUT2D eigenvalue weighted by Crippen LogP contribution is 2.38. The van der Waals surface area contributed by atoms with E-state index >= 15 is 0 Å². The maximum absolute atomic E-state index is 12.6. The molecule has 2 aromatic rings. The molecular formula is C24H28N2O9S. The molecule has 1 spiro atoms. The number of hydrogen-bond donors (Lipinski definition) is 3. The molecular weight excluding hydrogens is 492 g/mol. The van der Waals surface area contributed by atoms with Crippen molar-refractivity contribution in [2.45, 2.75) is 24.9 Å². The SMILES string of the molecule is CS(=O)(=O)Nc1ccc(OCCN2CCCC3(CC(=O)c4ccccc4O3)C2)cc1.O=C(O)C(=O)O. The number of nitrogens with one attached hydrogen (secondary N) is 1. The Morgan fingerprint density at radius 3 is 2.42 bits per heavy atom. The highest BCUT2D eigenvalue weighted by Gasteiger charge is 2.43. The lowest BCUT2D eigenvalue weighted by molar-refractivity contribution is -0.159. The third kappa shape index (κ3) is 7.68. The van der Waals surface area contributed by atoms with Crippen molar-refractivity contribution in [3.05, 3.63) is 54.1 Å². The van der Waals surface area contributed by atoms with Gasteiger partial charge in [-0.25, -0.2) is 18.0 Å². The zero-order valence-corrected chi connectivity index (χ0v) is 20.5. The number of anilines is 1.